The maximum atomic E-state index is 11.5. The molecule has 0 fully saturated rings. The van der Waals surface area contributed by atoms with E-state index in [1.54, 1.807) is 0 Å². The minimum Gasteiger partial charge on any atom is -0.439 e. The third kappa shape index (κ3) is 2.25. The quantitative estimate of drug-likeness (QED) is 0.611. The van der Waals surface area contributed by atoms with Gasteiger partial charge in [0.15, 0.2) is 6.23 Å². The Kier molecular flexibility index (Phi) is 3.57. The Hall–Kier alpha value is -1.35. The van der Waals surface area contributed by atoms with Crippen molar-refractivity contribution in [2.24, 2.45) is 0 Å². The number of carbonyl (C=O) groups is 1. The van der Waals surface area contributed by atoms with E-state index in [4.69, 9.17) is 4.74 Å². The van der Waals surface area contributed by atoms with Crippen molar-refractivity contribution in [2.45, 2.75) is 32.4 Å². The number of hydrogen-bond acceptors (Lipinski definition) is 3. The van der Waals surface area contributed by atoms with Crippen LogP contribution in [0.4, 0.5) is 0 Å². The van der Waals surface area contributed by atoms with E-state index in [0.29, 0.717) is 5.56 Å². The number of nitrogens with one attached hydrogen (secondary N) is 1. The summed E-state index contributed by atoms with van der Waals surface area (Å²) in [5, 5.41) is 3.26. The van der Waals surface area contributed by atoms with Gasteiger partial charge in [-0.2, -0.15) is 0 Å². The summed E-state index contributed by atoms with van der Waals surface area (Å²) < 4.78 is 5.26. The lowest BCUT2D eigenvalue weighted by molar-refractivity contribution is 0.0308. The number of benzene rings is 1. The molecule has 0 aromatic heterocycles. The molecule has 0 saturated carbocycles. The van der Waals surface area contributed by atoms with E-state index in [1.165, 1.54) is 12.8 Å². The maximum Gasteiger partial charge on any atom is 0.340 e. The molecule has 0 radical (unpaired) electrons. The number of unbranched alkanes of at least 4 members (excludes halogenated alkanes) is 2. The molecular weight excluding hydrogens is 202 g/mol. The highest BCUT2D eigenvalue weighted by molar-refractivity contribution is 5.93. The van der Waals surface area contributed by atoms with Crippen LogP contribution in [0.2, 0.25) is 0 Å². The summed E-state index contributed by atoms with van der Waals surface area (Å²) in [5.74, 6) is -0.219. The van der Waals surface area contributed by atoms with E-state index in [9.17, 15) is 4.79 Å². The number of hydrogen-bond donors (Lipinski definition) is 1. The molecule has 3 heteroatoms. The van der Waals surface area contributed by atoms with E-state index < -0.39 is 0 Å². The van der Waals surface area contributed by atoms with Crippen molar-refractivity contribution in [2.75, 3.05) is 6.54 Å². The number of carbonyl (C=O) groups excluding carboxylic acids is 1. The molecular formula is C13H17NO2. The van der Waals surface area contributed by atoms with E-state index in [1.807, 2.05) is 24.3 Å². The summed E-state index contributed by atoms with van der Waals surface area (Å²) in [6, 6.07) is 7.55. The van der Waals surface area contributed by atoms with Gasteiger partial charge in [-0.15, -0.1) is 0 Å². The third-order valence-corrected chi connectivity index (χ3v) is 2.80. The molecule has 0 amide bonds. The number of cyclic esters (lactones) is 1. The highest BCUT2D eigenvalue weighted by Gasteiger charge is 2.29. The second-order valence-corrected chi connectivity index (χ2v) is 4.03. The van der Waals surface area contributed by atoms with Crippen LogP contribution in [0.25, 0.3) is 0 Å². The lowest BCUT2D eigenvalue weighted by Crippen LogP contribution is -2.22. The fourth-order valence-electron chi connectivity index (χ4n) is 1.91. The first-order valence-corrected chi connectivity index (χ1v) is 5.86. The van der Waals surface area contributed by atoms with Crippen molar-refractivity contribution < 1.29 is 9.53 Å². The van der Waals surface area contributed by atoms with Crippen LogP contribution in [0.3, 0.4) is 0 Å². The van der Waals surface area contributed by atoms with Crippen LogP contribution >= 0.6 is 0 Å². The molecule has 1 aliphatic heterocycles. The zero-order chi connectivity index (χ0) is 11.4. The number of esters is 1. The lowest BCUT2D eigenvalue weighted by Gasteiger charge is -2.12. The van der Waals surface area contributed by atoms with Crippen LogP contribution in [0.5, 0.6) is 0 Å². The van der Waals surface area contributed by atoms with E-state index >= 15 is 0 Å². The van der Waals surface area contributed by atoms with Crippen molar-refractivity contribution in [3.63, 3.8) is 0 Å². The van der Waals surface area contributed by atoms with Crippen LogP contribution < -0.4 is 5.32 Å². The first kappa shape index (κ1) is 11.1. The Morgan fingerprint density at radius 2 is 2.12 bits per heavy atom. The average Bonchev–Trinajstić information content (AvgIpc) is 2.63. The molecule has 2 rings (SSSR count). The largest absolute Gasteiger partial charge is 0.439 e. The molecule has 1 N–H and O–H groups in total. The summed E-state index contributed by atoms with van der Waals surface area (Å²) in [6.45, 7) is 3.06. The second kappa shape index (κ2) is 5.12. The predicted octanol–water partition coefficient (Wildman–Crippen LogP) is 2.64. The van der Waals surface area contributed by atoms with Gasteiger partial charge >= 0.3 is 5.97 Å². The Balaban J connectivity index is 1.96. The Morgan fingerprint density at radius 1 is 1.31 bits per heavy atom. The smallest absolute Gasteiger partial charge is 0.340 e. The molecule has 1 heterocycles. The Morgan fingerprint density at radius 3 is 2.94 bits per heavy atom. The van der Waals surface area contributed by atoms with Crippen LogP contribution in [0.15, 0.2) is 24.3 Å². The first-order valence-electron chi connectivity index (χ1n) is 5.86. The molecule has 1 aromatic rings. The van der Waals surface area contributed by atoms with Crippen molar-refractivity contribution in [1.29, 1.82) is 0 Å². The van der Waals surface area contributed by atoms with E-state index in [-0.39, 0.29) is 12.2 Å². The van der Waals surface area contributed by atoms with E-state index in [0.717, 1.165) is 18.5 Å². The van der Waals surface area contributed by atoms with Gasteiger partial charge in [-0.1, -0.05) is 38.0 Å². The van der Waals surface area contributed by atoms with Crippen molar-refractivity contribution in [1.82, 2.24) is 5.32 Å². The SMILES string of the molecule is CCCCCNC1OC(=O)c2ccccc21. The molecule has 86 valence electrons. The van der Waals surface area contributed by atoms with Gasteiger partial charge in [0.2, 0.25) is 0 Å². The highest BCUT2D eigenvalue weighted by Crippen LogP contribution is 2.27. The molecule has 0 bridgehead atoms. The summed E-state index contributed by atoms with van der Waals surface area (Å²) in [4.78, 5) is 11.5. The van der Waals surface area contributed by atoms with Gasteiger partial charge < -0.3 is 4.74 Å². The third-order valence-electron chi connectivity index (χ3n) is 2.80. The van der Waals surface area contributed by atoms with Gasteiger partial charge in [0.1, 0.15) is 0 Å². The van der Waals surface area contributed by atoms with Crippen LogP contribution in [-0.4, -0.2) is 12.5 Å². The number of rotatable bonds is 5. The molecule has 1 aliphatic rings. The van der Waals surface area contributed by atoms with E-state index in [2.05, 4.69) is 12.2 Å². The fraction of sp³-hybridized carbons (Fsp3) is 0.462. The molecule has 0 spiro atoms. The average molecular weight is 219 g/mol. The van der Waals surface area contributed by atoms with Crippen molar-refractivity contribution in [3.8, 4) is 0 Å². The predicted molar refractivity (Wildman–Crippen MR) is 62.1 cm³/mol. The maximum absolute atomic E-state index is 11.5. The Labute approximate surface area is 95.8 Å². The first-order chi connectivity index (χ1) is 7.83. The summed E-state index contributed by atoms with van der Waals surface area (Å²) in [7, 11) is 0. The minimum atomic E-state index is -0.249. The van der Waals surface area contributed by atoms with Crippen LogP contribution in [0, 0.1) is 0 Å². The molecule has 16 heavy (non-hydrogen) atoms. The summed E-state index contributed by atoms with van der Waals surface area (Å²) in [5.41, 5.74) is 1.65. The van der Waals surface area contributed by atoms with Gasteiger partial charge in [-0.05, 0) is 19.0 Å². The lowest BCUT2D eigenvalue weighted by atomic mass is 10.1. The number of ether oxygens (including phenoxy) is 1. The summed E-state index contributed by atoms with van der Waals surface area (Å²) in [6.07, 6.45) is 3.27. The van der Waals surface area contributed by atoms with Crippen LogP contribution in [-0.2, 0) is 4.74 Å². The fourth-order valence-corrected chi connectivity index (χ4v) is 1.91. The zero-order valence-electron chi connectivity index (χ0n) is 9.53. The molecule has 1 aromatic carbocycles. The van der Waals surface area contributed by atoms with Gasteiger partial charge in [0.25, 0.3) is 0 Å². The molecule has 1 unspecified atom stereocenters. The molecule has 0 aliphatic carbocycles. The van der Waals surface area contributed by atoms with Crippen molar-refractivity contribution in [3.05, 3.63) is 35.4 Å². The highest BCUT2D eigenvalue weighted by atomic mass is 16.6. The van der Waals surface area contributed by atoms with Crippen LogP contribution in [0.1, 0.15) is 48.3 Å². The van der Waals surface area contributed by atoms with Crippen molar-refractivity contribution >= 4 is 5.97 Å². The second-order valence-electron chi connectivity index (χ2n) is 4.03. The minimum absolute atomic E-state index is 0.219. The van der Waals surface area contributed by atoms with Gasteiger partial charge in [0, 0.05) is 5.56 Å². The monoisotopic (exact) mass is 219 g/mol. The Bertz CT molecular complexity index is 376. The molecule has 0 saturated heterocycles. The van der Waals surface area contributed by atoms with Gasteiger partial charge in [-0.3, -0.25) is 5.32 Å². The zero-order valence-corrected chi connectivity index (χ0v) is 9.53. The number of fused-ring (bicyclic) bond motifs is 1. The normalized spacial score (nSPS) is 18.3. The summed E-state index contributed by atoms with van der Waals surface area (Å²) >= 11 is 0. The molecule has 3 nitrogen and oxygen atoms in total. The van der Waals surface area contributed by atoms with Gasteiger partial charge in [0.05, 0.1) is 5.56 Å². The van der Waals surface area contributed by atoms with Gasteiger partial charge in [-0.25, -0.2) is 4.79 Å². The topological polar surface area (TPSA) is 38.3 Å². The molecule has 1 atom stereocenters. The standard InChI is InChI=1S/C13H17NO2/c1-2-3-6-9-14-12-10-7-4-5-8-11(10)13(15)16-12/h4-5,7-8,12,14H,2-3,6,9H2,1H3.